The molecule has 1 fully saturated rings. The number of hydrogen-bond donors (Lipinski definition) is 1. The quantitative estimate of drug-likeness (QED) is 0.339. The van der Waals surface area contributed by atoms with E-state index < -0.39 is 17.1 Å². The van der Waals surface area contributed by atoms with Crippen molar-refractivity contribution in [3.8, 4) is 11.5 Å². The number of anilines is 1. The van der Waals surface area contributed by atoms with Crippen LogP contribution in [0.25, 0.3) is 0 Å². The van der Waals surface area contributed by atoms with Crippen LogP contribution in [-0.4, -0.2) is 29.2 Å². The number of imide groups is 1. The number of H-pyrrole nitrogens is 1. The summed E-state index contributed by atoms with van der Waals surface area (Å²) in [6.07, 6.45) is 0. The number of aryl methyl sites for hydroxylation is 1. The minimum atomic E-state index is -0.684. The molecule has 7 nitrogen and oxygen atoms in total. The zero-order valence-corrected chi connectivity index (χ0v) is 22.3. The van der Waals surface area contributed by atoms with Crippen LogP contribution in [0, 0.1) is 12.8 Å². The number of nitrogens with one attached hydrogen (secondary N) is 1. The minimum absolute atomic E-state index is 0.210. The summed E-state index contributed by atoms with van der Waals surface area (Å²) in [6, 6.07) is 22.5. The first-order valence-electron chi connectivity index (χ1n) is 12.1. The third kappa shape index (κ3) is 4.12. The van der Waals surface area contributed by atoms with Gasteiger partial charge in [0.25, 0.3) is 0 Å². The average molecular weight is 545 g/mol. The van der Waals surface area contributed by atoms with Crippen LogP contribution in [0.3, 0.4) is 0 Å². The van der Waals surface area contributed by atoms with Crippen molar-refractivity contribution in [3.05, 3.63) is 104 Å². The Kier molecular flexibility index (Phi) is 6.33. The Morgan fingerprint density at radius 1 is 0.921 bits per heavy atom. The van der Waals surface area contributed by atoms with Crippen LogP contribution >= 0.6 is 23.1 Å². The van der Waals surface area contributed by atoms with E-state index in [9.17, 15) is 14.4 Å². The monoisotopic (exact) mass is 544 g/mol. The van der Waals surface area contributed by atoms with Crippen molar-refractivity contribution in [3.63, 3.8) is 0 Å². The van der Waals surface area contributed by atoms with Gasteiger partial charge in [0.15, 0.2) is 0 Å². The Morgan fingerprint density at radius 2 is 1.66 bits per heavy atom. The molecular weight excluding hydrogens is 520 g/mol. The molecule has 2 aliphatic heterocycles. The van der Waals surface area contributed by atoms with Gasteiger partial charge in [-0.1, -0.05) is 65.6 Å². The summed E-state index contributed by atoms with van der Waals surface area (Å²) in [4.78, 5) is 44.8. The summed E-state index contributed by atoms with van der Waals surface area (Å²) in [5, 5.41) is -0.0329. The first-order valence-corrected chi connectivity index (χ1v) is 13.8. The number of aromatic amines is 1. The van der Waals surface area contributed by atoms with Crippen molar-refractivity contribution in [2.45, 2.75) is 29.7 Å². The fourth-order valence-electron chi connectivity index (χ4n) is 5.13. The topological polar surface area (TPSA) is 88.7 Å². The first kappa shape index (κ1) is 24.5. The van der Waals surface area contributed by atoms with E-state index in [-0.39, 0.29) is 16.7 Å². The number of hydrogen-bond acceptors (Lipinski definition) is 7. The molecule has 0 bridgehead atoms. The lowest BCUT2D eigenvalue weighted by Crippen LogP contribution is -2.32. The Hall–Kier alpha value is -3.82. The standard InChI is InChI=1S/C29H24N2O5S2/c1-16-7-3-4-8-17(16)15-36-21-10-6-5-9-20(21)22-23-25(37-26-24(22)38-29(34)30-26)28(33)31(27(23)32)18-11-13-19(35-2)14-12-18/h3-14,22-23,25H,15H2,1-2H3,(H,30,34)/t22-,23-,25+/m0/s1. The number of benzene rings is 3. The van der Waals surface area contributed by atoms with Crippen molar-refractivity contribution < 1.29 is 19.1 Å². The minimum Gasteiger partial charge on any atom is -0.497 e. The summed E-state index contributed by atoms with van der Waals surface area (Å²) in [5.74, 6) is -0.512. The van der Waals surface area contributed by atoms with Crippen molar-refractivity contribution in [1.82, 2.24) is 4.98 Å². The average Bonchev–Trinajstić information content (AvgIpc) is 3.42. The molecule has 0 saturated carbocycles. The van der Waals surface area contributed by atoms with Crippen LogP contribution in [0.2, 0.25) is 0 Å². The number of carbonyl (C=O) groups excluding carboxylic acids is 2. The highest BCUT2D eigenvalue weighted by Gasteiger charge is 2.56. The maximum absolute atomic E-state index is 14.0. The van der Waals surface area contributed by atoms with Crippen molar-refractivity contribution in [1.29, 1.82) is 0 Å². The summed E-state index contributed by atoms with van der Waals surface area (Å²) in [6.45, 7) is 2.40. The first-order chi connectivity index (χ1) is 18.5. The number of nitrogens with zero attached hydrogens (tertiary/aromatic N) is 1. The van der Waals surface area contributed by atoms with Gasteiger partial charge in [0, 0.05) is 16.4 Å². The van der Waals surface area contributed by atoms with Gasteiger partial charge < -0.3 is 14.5 Å². The second-order valence-corrected chi connectivity index (χ2v) is 11.4. The molecule has 0 unspecified atom stereocenters. The molecule has 1 N–H and O–H groups in total. The normalized spacial score (nSPS) is 20.3. The molecular formula is C29H24N2O5S2. The number of rotatable bonds is 6. The van der Waals surface area contributed by atoms with Crippen LogP contribution in [0.4, 0.5) is 5.69 Å². The predicted octanol–water partition coefficient (Wildman–Crippen LogP) is 5.13. The van der Waals surface area contributed by atoms with E-state index in [0.717, 1.165) is 32.9 Å². The molecule has 38 heavy (non-hydrogen) atoms. The van der Waals surface area contributed by atoms with Gasteiger partial charge >= 0.3 is 4.87 Å². The second kappa shape index (κ2) is 9.81. The molecule has 4 aromatic rings. The van der Waals surface area contributed by atoms with Gasteiger partial charge in [0.2, 0.25) is 11.8 Å². The van der Waals surface area contributed by atoms with E-state index in [1.54, 1.807) is 31.4 Å². The zero-order valence-electron chi connectivity index (χ0n) is 20.7. The number of methoxy groups -OCH3 is 1. The number of para-hydroxylation sites is 1. The number of thioether (sulfide) groups is 1. The number of fused-ring (bicyclic) bond motifs is 2. The summed E-state index contributed by atoms with van der Waals surface area (Å²) in [5.41, 5.74) is 3.46. The molecule has 3 aromatic carbocycles. The Balaban J connectivity index is 1.41. The van der Waals surface area contributed by atoms with Crippen LogP contribution < -0.4 is 19.2 Å². The molecule has 0 spiro atoms. The molecule has 3 atom stereocenters. The van der Waals surface area contributed by atoms with Gasteiger partial charge in [-0.25, -0.2) is 4.90 Å². The number of thiazole rings is 1. The highest BCUT2D eigenvalue weighted by atomic mass is 32.2. The molecule has 9 heteroatoms. The number of ether oxygens (including phenoxy) is 2. The molecule has 192 valence electrons. The van der Waals surface area contributed by atoms with E-state index in [2.05, 4.69) is 4.98 Å². The molecule has 1 saturated heterocycles. The number of carbonyl (C=O) groups is 2. The zero-order chi connectivity index (χ0) is 26.4. The lowest BCUT2D eigenvalue weighted by Gasteiger charge is -2.30. The van der Waals surface area contributed by atoms with E-state index in [0.29, 0.717) is 28.8 Å². The summed E-state index contributed by atoms with van der Waals surface area (Å²) < 4.78 is 11.5. The van der Waals surface area contributed by atoms with E-state index in [1.807, 2.05) is 55.5 Å². The van der Waals surface area contributed by atoms with Crippen LogP contribution in [-0.2, 0) is 16.2 Å². The van der Waals surface area contributed by atoms with Crippen LogP contribution in [0.5, 0.6) is 11.5 Å². The van der Waals surface area contributed by atoms with Gasteiger partial charge in [-0.3, -0.25) is 14.4 Å². The SMILES string of the molecule is COc1ccc(N2C(=O)[C@H]3[C@H](c4ccccc4OCc4ccccc4C)c4sc(=O)[nH]c4S[C@H]3C2=O)cc1. The number of amides is 2. The lowest BCUT2D eigenvalue weighted by molar-refractivity contribution is -0.122. The lowest BCUT2D eigenvalue weighted by atomic mass is 9.82. The van der Waals surface area contributed by atoms with E-state index in [4.69, 9.17) is 9.47 Å². The van der Waals surface area contributed by atoms with Gasteiger partial charge in [0.05, 0.1) is 23.7 Å². The van der Waals surface area contributed by atoms with Crippen molar-refractivity contribution in [2.75, 3.05) is 12.0 Å². The second-order valence-electron chi connectivity index (χ2n) is 9.21. The molecule has 1 aromatic heterocycles. The molecule has 2 aliphatic rings. The molecule has 6 rings (SSSR count). The van der Waals surface area contributed by atoms with Gasteiger partial charge in [-0.15, -0.1) is 0 Å². The molecule has 2 amide bonds. The van der Waals surface area contributed by atoms with Gasteiger partial charge in [-0.2, -0.15) is 0 Å². The summed E-state index contributed by atoms with van der Waals surface area (Å²) >= 11 is 2.35. The van der Waals surface area contributed by atoms with Crippen LogP contribution in [0.1, 0.15) is 27.5 Å². The fourth-order valence-corrected chi connectivity index (χ4v) is 7.64. The van der Waals surface area contributed by atoms with Crippen molar-refractivity contribution in [2.24, 2.45) is 5.92 Å². The largest absolute Gasteiger partial charge is 0.497 e. The smallest absolute Gasteiger partial charge is 0.305 e. The Morgan fingerprint density at radius 3 is 2.42 bits per heavy atom. The van der Waals surface area contributed by atoms with Gasteiger partial charge in [-0.05, 0) is 48.4 Å². The summed E-state index contributed by atoms with van der Waals surface area (Å²) in [7, 11) is 1.56. The van der Waals surface area contributed by atoms with Gasteiger partial charge in [0.1, 0.15) is 23.4 Å². The third-order valence-corrected chi connectivity index (χ3v) is 9.45. The highest BCUT2D eigenvalue weighted by Crippen LogP contribution is 2.54. The molecule has 3 heterocycles. The van der Waals surface area contributed by atoms with E-state index in [1.165, 1.54) is 16.7 Å². The highest BCUT2D eigenvalue weighted by molar-refractivity contribution is 8.00. The third-order valence-electron chi connectivity index (χ3n) is 7.05. The predicted molar refractivity (Wildman–Crippen MR) is 147 cm³/mol. The molecule has 0 aliphatic carbocycles. The van der Waals surface area contributed by atoms with Crippen molar-refractivity contribution >= 4 is 40.6 Å². The molecule has 0 radical (unpaired) electrons. The maximum Gasteiger partial charge on any atom is 0.305 e. The Bertz CT molecular complexity index is 1590. The maximum atomic E-state index is 14.0. The number of aromatic nitrogens is 1. The van der Waals surface area contributed by atoms with Crippen LogP contribution in [0.15, 0.2) is 82.6 Å². The fraction of sp³-hybridized carbons (Fsp3) is 0.207. The van der Waals surface area contributed by atoms with E-state index >= 15 is 0 Å². The Labute approximate surface area is 227 Å².